The van der Waals surface area contributed by atoms with Gasteiger partial charge in [0, 0.05) is 17.8 Å². The minimum absolute atomic E-state index is 0.487. The number of aromatic nitrogens is 4. The standard InChI is InChI=1S/C13H13N5O2/c1-8-5-12(18-13(17-8)15-7-16-18)20-9-3-4-11(19-2)10(14)6-9/h3-7H,14H2,1-2H3. The maximum Gasteiger partial charge on any atom is 0.255 e. The molecule has 7 nitrogen and oxygen atoms in total. The van der Waals surface area contributed by atoms with Crippen molar-refractivity contribution in [3.8, 4) is 17.4 Å². The molecule has 3 aromatic rings. The predicted molar refractivity (Wildman–Crippen MR) is 73.0 cm³/mol. The van der Waals surface area contributed by atoms with Gasteiger partial charge in [-0.2, -0.15) is 14.6 Å². The van der Waals surface area contributed by atoms with Crippen molar-refractivity contribution in [1.82, 2.24) is 19.6 Å². The Bertz CT molecular complexity index is 769. The van der Waals surface area contributed by atoms with E-state index >= 15 is 0 Å². The van der Waals surface area contributed by atoms with Crippen molar-refractivity contribution in [3.05, 3.63) is 36.3 Å². The molecule has 0 saturated heterocycles. The summed E-state index contributed by atoms with van der Waals surface area (Å²) in [6.45, 7) is 1.87. The number of ether oxygens (including phenoxy) is 2. The number of nitrogens with zero attached hydrogens (tertiary/aromatic N) is 4. The molecular formula is C13H13N5O2. The third kappa shape index (κ3) is 2.09. The van der Waals surface area contributed by atoms with Crippen LogP contribution in [0.15, 0.2) is 30.6 Å². The topological polar surface area (TPSA) is 87.6 Å². The number of benzene rings is 1. The third-order valence-electron chi connectivity index (χ3n) is 2.77. The van der Waals surface area contributed by atoms with Crippen LogP contribution in [0.4, 0.5) is 5.69 Å². The van der Waals surface area contributed by atoms with Crippen molar-refractivity contribution < 1.29 is 9.47 Å². The van der Waals surface area contributed by atoms with Gasteiger partial charge in [0.1, 0.15) is 17.8 Å². The zero-order valence-electron chi connectivity index (χ0n) is 11.1. The molecule has 0 atom stereocenters. The summed E-state index contributed by atoms with van der Waals surface area (Å²) in [6.07, 6.45) is 1.43. The first kappa shape index (κ1) is 12.2. The van der Waals surface area contributed by atoms with Crippen molar-refractivity contribution in [2.75, 3.05) is 12.8 Å². The van der Waals surface area contributed by atoms with Gasteiger partial charge >= 0.3 is 0 Å². The molecule has 0 saturated carbocycles. The number of hydrogen-bond acceptors (Lipinski definition) is 6. The lowest BCUT2D eigenvalue weighted by atomic mass is 10.3. The van der Waals surface area contributed by atoms with E-state index in [1.54, 1.807) is 31.4 Å². The van der Waals surface area contributed by atoms with E-state index in [0.29, 0.717) is 28.8 Å². The Morgan fingerprint density at radius 1 is 1.25 bits per heavy atom. The molecule has 0 bridgehead atoms. The molecule has 7 heteroatoms. The smallest absolute Gasteiger partial charge is 0.255 e. The molecular weight excluding hydrogens is 258 g/mol. The molecule has 0 unspecified atom stereocenters. The number of nitrogen functional groups attached to an aromatic ring is 1. The number of hydrogen-bond donors (Lipinski definition) is 1. The van der Waals surface area contributed by atoms with E-state index in [2.05, 4.69) is 15.1 Å². The highest BCUT2D eigenvalue weighted by Crippen LogP contribution is 2.29. The van der Waals surface area contributed by atoms with Gasteiger partial charge in [0.15, 0.2) is 0 Å². The van der Waals surface area contributed by atoms with Gasteiger partial charge in [0.2, 0.25) is 5.88 Å². The van der Waals surface area contributed by atoms with Crippen LogP contribution in [0.5, 0.6) is 17.4 Å². The lowest BCUT2D eigenvalue weighted by Crippen LogP contribution is -2.00. The molecule has 20 heavy (non-hydrogen) atoms. The molecule has 0 fully saturated rings. The highest BCUT2D eigenvalue weighted by atomic mass is 16.5. The van der Waals surface area contributed by atoms with Crippen molar-refractivity contribution in [1.29, 1.82) is 0 Å². The van der Waals surface area contributed by atoms with Crippen LogP contribution in [0, 0.1) is 6.92 Å². The maximum atomic E-state index is 5.86. The molecule has 3 rings (SSSR count). The summed E-state index contributed by atoms with van der Waals surface area (Å²) in [5.74, 6) is 2.20. The van der Waals surface area contributed by atoms with Crippen LogP contribution in [0.1, 0.15) is 5.69 Å². The lowest BCUT2D eigenvalue weighted by Gasteiger charge is -2.10. The second-order valence-corrected chi connectivity index (χ2v) is 4.21. The van der Waals surface area contributed by atoms with E-state index in [4.69, 9.17) is 15.2 Å². The minimum atomic E-state index is 0.487. The Hall–Kier alpha value is -2.83. The number of nitrogens with two attached hydrogens (primary N) is 1. The summed E-state index contributed by atoms with van der Waals surface area (Å²) in [5.41, 5.74) is 7.15. The average Bonchev–Trinajstić information content (AvgIpc) is 2.87. The Morgan fingerprint density at radius 3 is 2.85 bits per heavy atom. The van der Waals surface area contributed by atoms with Crippen LogP contribution in [-0.2, 0) is 0 Å². The summed E-state index contributed by atoms with van der Waals surface area (Å²) >= 11 is 0. The Morgan fingerprint density at radius 2 is 2.10 bits per heavy atom. The van der Waals surface area contributed by atoms with Crippen LogP contribution in [0.2, 0.25) is 0 Å². The van der Waals surface area contributed by atoms with Gasteiger partial charge in [-0.15, -0.1) is 0 Å². The van der Waals surface area contributed by atoms with Gasteiger partial charge in [-0.1, -0.05) is 0 Å². The van der Waals surface area contributed by atoms with E-state index in [9.17, 15) is 0 Å². The molecule has 0 spiro atoms. The number of rotatable bonds is 3. The van der Waals surface area contributed by atoms with Gasteiger partial charge in [-0.3, -0.25) is 0 Å². The number of aryl methyl sites for hydroxylation is 1. The molecule has 0 aliphatic heterocycles. The maximum absolute atomic E-state index is 5.86. The highest BCUT2D eigenvalue weighted by Gasteiger charge is 2.09. The quantitative estimate of drug-likeness (QED) is 0.731. The second kappa shape index (κ2) is 4.69. The summed E-state index contributed by atoms with van der Waals surface area (Å²) in [7, 11) is 1.57. The van der Waals surface area contributed by atoms with Gasteiger partial charge in [-0.25, -0.2) is 4.98 Å². The number of methoxy groups -OCH3 is 1. The zero-order valence-corrected chi connectivity index (χ0v) is 11.1. The van der Waals surface area contributed by atoms with E-state index < -0.39 is 0 Å². The average molecular weight is 271 g/mol. The van der Waals surface area contributed by atoms with E-state index in [0.717, 1.165) is 5.69 Å². The Kier molecular flexibility index (Phi) is 2.86. The van der Waals surface area contributed by atoms with Gasteiger partial charge in [0.05, 0.1) is 12.8 Å². The first-order chi connectivity index (χ1) is 9.67. The first-order valence-corrected chi connectivity index (χ1v) is 5.96. The normalized spacial score (nSPS) is 10.7. The summed E-state index contributed by atoms with van der Waals surface area (Å²) < 4.78 is 12.4. The van der Waals surface area contributed by atoms with Crippen LogP contribution in [0.3, 0.4) is 0 Å². The molecule has 1 aromatic carbocycles. The largest absolute Gasteiger partial charge is 0.495 e. The third-order valence-corrected chi connectivity index (χ3v) is 2.77. The molecule has 0 aliphatic carbocycles. The fraction of sp³-hybridized carbons (Fsp3) is 0.154. The highest BCUT2D eigenvalue weighted by molar-refractivity contribution is 5.56. The summed E-state index contributed by atoms with van der Waals surface area (Å²) in [5, 5.41) is 4.07. The lowest BCUT2D eigenvalue weighted by molar-refractivity contribution is 0.413. The number of fused-ring (bicyclic) bond motifs is 1. The second-order valence-electron chi connectivity index (χ2n) is 4.21. The van der Waals surface area contributed by atoms with Crippen LogP contribution < -0.4 is 15.2 Å². The minimum Gasteiger partial charge on any atom is -0.495 e. The molecule has 0 aliphatic rings. The first-order valence-electron chi connectivity index (χ1n) is 5.96. The molecule has 102 valence electrons. The monoisotopic (exact) mass is 271 g/mol. The zero-order chi connectivity index (χ0) is 14.1. The fourth-order valence-corrected chi connectivity index (χ4v) is 1.87. The van der Waals surface area contributed by atoms with Crippen LogP contribution in [0.25, 0.3) is 5.78 Å². The van der Waals surface area contributed by atoms with Gasteiger partial charge in [0.25, 0.3) is 5.78 Å². The Labute approximate surface area is 115 Å². The van der Waals surface area contributed by atoms with Crippen molar-refractivity contribution in [2.24, 2.45) is 0 Å². The van der Waals surface area contributed by atoms with E-state index in [1.165, 1.54) is 10.8 Å². The van der Waals surface area contributed by atoms with Crippen LogP contribution in [-0.4, -0.2) is 26.7 Å². The summed E-state index contributed by atoms with van der Waals surface area (Å²) in [6, 6.07) is 6.99. The molecule has 2 N–H and O–H groups in total. The van der Waals surface area contributed by atoms with Crippen molar-refractivity contribution >= 4 is 11.5 Å². The number of anilines is 1. The molecule has 0 amide bonds. The fourth-order valence-electron chi connectivity index (χ4n) is 1.87. The molecule has 0 radical (unpaired) electrons. The van der Waals surface area contributed by atoms with E-state index in [1.807, 2.05) is 6.92 Å². The van der Waals surface area contributed by atoms with Gasteiger partial charge in [-0.05, 0) is 19.1 Å². The summed E-state index contributed by atoms with van der Waals surface area (Å²) in [4.78, 5) is 8.29. The van der Waals surface area contributed by atoms with Gasteiger partial charge < -0.3 is 15.2 Å². The van der Waals surface area contributed by atoms with Crippen LogP contribution >= 0.6 is 0 Å². The van der Waals surface area contributed by atoms with Crippen molar-refractivity contribution in [3.63, 3.8) is 0 Å². The predicted octanol–water partition coefficient (Wildman–Crippen LogP) is 1.82. The SMILES string of the molecule is COc1ccc(Oc2cc(C)nc3ncnn23)cc1N. The van der Waals surface area contributed by atoms with E-state index in [-0.39, 0.29) is 0 Å². The molecule has 2 heterocycles. The van der Waals surface area contributed by atoms with Crippen molar-refractivity contribution in [2.45, 2.75) is 6.92 Å². The molecule has 2 aromatic heterocycles. The Balaban J connectivity index is 2.00.